The van der Waals surface area contributed by atoms with Crippen LogP contribution in [0.5, 0.6) is 0 Å². The third-order valence-corrected chi connectivity index (χ3v) is 2.57. The molecule has 0 aliphatic rings. The fraction of sp³-hybridized carbons (Fsp3) is 0.200. The molecule has 0 radical (unpaired) electrons. The smallest absolute Gasteiger partial charge is 0.191 e. The molecule has 4 nitrogen and oxygen atoms in total. The average molecular weight is 259 g/mol. The third kappa shape index (κ3) is 2.08. The Morgan fingerprint density at radius 1 is 1.35 bits per heavy atom. The number of pyridine rings is 1. The standard InChI is InChI=1S/C10H9ClF2N4/c1-5-6(11)4-17(16-5)10-8(13)3-7(12)9(14-2)15-10/h3-4H,1-2H3,(H,14,15). The van der Waals surface area contributed by atoms with E-state index in [0.717, 1.165) is 6.07 Å². The predicted molar refractivity (Wildman–Crippen MR) is 60.6 cm³/mol. The molecule has 0 spiro atoms. The molecular weight excluding hydrogens is 250 g/mol. The number of aromatic nitrogens is 3. The molecule has 2 aromatic rings. The van der Waals surface area contributed by atoms with Crippen molar-refractivity contribution in [2.45, 2.75) is 6.92 Å². The normalized spacial score (nSPS) is 10.6. The van der Waals surface area contributed by atoms with Gasteiger partial charge in [-0.05, 0) is 6.92 Å². The van der Waals surface area contributed by atoms with E-state index in [1.54, 1.807) is 6.92 Å². The van der Waals surface area contributed by atoms with Gasteiger partial charge in [0.05, 0.1) is 16.9 Å². The zero-order valence-electron chi connectivity index (χ0n) is 9.13. The molecule has 0 fully saturated rings. The van der Waals surface area contributed by atoms with Crippen molar-refractivity contribution >= 4 is 17.4 Å². The summed E-state index contributed by atoms with van der Waals surface area (Å²) in [5.41, 5.74) is 0.545. The quantitative estimate of drug-likeness (QED) is 0.900. The van der Waals surface area contributed by atoms with Crippen LogP contribution in [0.25, 0.3) is 5.82 Å². The number of hydrogen-bond acceptors (Lipinski definition) is 3. The van der Waals surface area contributed by atoms with E-state index in [0.29, 0.717) is 10.7 Å². The van der Waals surface area contributed by atoms with Crippen LogP contribution in [0.1, 0.15) is 5.69 Å². The summed E-state index contributed by atoms with van der Waals surface area (Å²) in [5, 5.41) is 6.90. The first-order valence-corrected chi connectivity index (χ1v) is 5.16. The Balaban J connectivity index is 2.58. The van der Waals surface area contributed by atoms with Gasteiger partial charge in [-0.2, -0.15) is 5.10 Å². The Bertz CT molecular complexity index is 548. The highest BCUT2D eigenvalue weighted by Crippen LogP contribution is 2.20. The summed E-state index contributed by atoms with van der Waals surface area (Å²) in [5.74, 6) is -1.72. The average Bonchev–Trinajstić information content (AvgIpc) is 2.59. The first-order chi connectivity index (χ1) is 8.02. The van der Waals surface area contributed by atoms with Crippen molar-refractivity contribution in [3.8, 4) is 5.82 Å². The number of hydrogen-bond donors (Lipinski definition) is 1. The van der Waals surface area contributed by atoms with E-state index in [2.05, 4.69) is 15.4 Å². The van der Waals surface area contributed by atoms with Gasteiger partial charge in [0.2, 0.25) is 0 Å². The van der Waals surface area contributed by atoms with E-state index in [1.807, 2.05) is 0 Å². The molecule has 2 rings (SSSR count). The summed E-state index contributed by atoms with van der Waals surface area (Å²) in [6.07, 6.45) is 1.42. The van der Waals surface area contributed by atoms with Gasteiger partial charge in [0.1, 0.15) is 0 Å². The molecule has 0 atom stereocenters. The topological polar surface area (TPSA) is 42.7 Å². The lowest BCUT2D eigenvalue weighted by Crippen LogP contribution is -2.06. The maximum atomic E-state index is 13.6. The maximum absolute atomic E-state index is 13.6. The van der Waals surface area contributed by atoms with E-state index in [9.17, 15) is 8.78 Å². The van der Waals surface area contributed by atoms with Gasteiger partial charge in [-0.1, -0.05) is 11.6 Å². The Kier molecular flexibility index (Phi) is 2.97. The van der Waals surface area contributed by atoms with Gasteiger partial charge in [-0.25, -0.2) is 18.4 Å². The van der Waals surface area contributed by atoms with Crippen LogP contribution in [-0.4, -0.2) is 21.8 Å². The molecular formula is C10H9ClF2N4. The molecule has 0 amide bonds. The molecule has 0 aromatic carbocycles. The van der Waals surface area contributed by atoms with Gasteiger partial charge in [0, 0.05) is 13.1 Å². The summed E-state index contributed by atoms with van der Waals surface area (Å²) in [6.45, 7) is 1.68. The van der Waals surface area contributed by atoms with Crippen LogP contribution in [0.15, 0.2) is 12.3 Å². The minimum Gasteiger partial charge on any atom is -0.371 e. The lowest BCUT2D eigenvalue weighted by Gasteiger charge is -2.06. The third-order valence-electron chi connectivity index (χ3n) is 2.20. The van der Waals surface area contributed by atoms with Crippen LogP contribution in [0, 0.1) is 18.6 Å². The second-order valence-corrected chi connectivity index (χ2v) is 3.79. The largest absolute Gasteiger partial charge is 0.371 e. The Morgan fingerprint density at radius 3 is 2.59 bits per heavy atom. The van der Waals surface area contributed by atoms with Crippen molar-refractivity contribution in [2.75, 3.05) is 12.4 Å². The van der Waals surface area contributed by atoms with Crippen molar-refractivity contribution < 1.29 is 8.78 Å². The number of nitrogens with zero attached hydrogens (tertiary/aromatic N) is 3. The number of rotatable bonds is 2. The van der Waals surface area contributed by atoms with Gasteiger partial charge in [-0.15, -0.1) is 0 Å². The summed E-state index contributed by atoms with van der Waals surface area (Å²) in [7, 11) is 1.49. The van der Waals surface area contributed by atoms with Crippen molar-refractivity contribution in [3.05, 3.63) is 34.6 Å². The molecule has 17 heavy (non-hydrogen) atoms. The second kappa shape index (κ2) is 4.29. The highest BCUT2D eigenvalue weighted by molar-refractivity contribution is 6.31. The molecule has 0 unspecified atom stereocenters. The van der Waals surface area contributed by atoms with E-state index in [4.69, 9.17) is 11.6 Å². The number of anilines is 1. The minimum absolute atomic E-state index is 0.0503. The summed E-state index contributed by atoms with van der Waals surface area (Å²) < 4.78 is 27.9. The number of aryl methyl sites for hydroxylation is 1. The van der Waals surface area contributed by atoms with Crippen molar-refractivity contribution in [1.82, 2.24) is 14.8 Å². The number of halogens is 3. The lowest BCUT2D eigenvalue weighted by molar-refractivity contribution is 0.563. The monoisotopic (exact) mass is 258 g/mol. The first-order valence-electron chi connectivity index (χ1n) is 4.79. The van der Waals surface area contributed by atoms with Crippen LogP contribution in [0.3, 0.4) is 0 Å². The maximum Gasteiger partial charge on any atom is 0.191 e. The van der Waals surface area contributed by atoms with Crippen molar-refractivity contribution in [2.24, 2.45) is 0 Å². The van der Waals surface area contributed by atoms with Gasteiger partial charge >= 0.3 is 0 Å². The van der Waals surface area contributed by atoms with Crippen LogP contribution in [0.4, 0.5) is 14.6 Å². The molecule has 0 saturated heterocycles. The van der Waals surface area contributed by atoms with Crippen LogP contribution >= 0.6 is 11.6 Å². The molecule has 1 N–H and O–H groups in total. The fourth-order valence-electron chi connectivity index (χ4n) is 1.34. The molecule has 7 heteroatoms. The molecule has 0 bridgehead atoms. The Morgan fingerprint density at radius 2 is 2.06 bits per heavy atom. The second-order valence-electron chi connectivity index (χ2n) is 3.38. The van der Waals surface area contributed by atoms with Crippen LogP contribution in [0.2, 0.25) is 5.02 Å². The van der Waals surface area contributed by atoms with E-state index in [-0.39, 0.29) is 11.6 Å². The molecule has 0 aliphatic heterocycles. The molecule has 0 aliphatic carbocycles. The van der Waals surface area contributed by atoms with Gasteiger partial charge in [0.25, 0.3) is 0 Å². The van der Waals surface area contributed by atoms with Gasteiger partial charge < -0.3 is 5.32 Å². The highest BCUT2D eigenvalue weighted by Gasteiger charge is 2.14. The van der Waals surface area contributed by atoms with E-state index >= 15 is 0 Å². The van der Waals surface area contributed by atoms with Crippen molar-refractivity contribution in [1.29, 1.82) is 0 Å². The highest BCUT2D eigenvalue weighted by atomic mass is 35.5. The molecule has 90 valence electrons. The number of nitrogens with one attached hydrogen (secondary N) is 1. The molecule has 2 heterocycles. The van der Waals surface area contributed by atoms with E-state index in [1.165, 1.54) is 17.9 Å². The zero-order chi connectivity index (χ0) is 12.6. The fourth-order valence-corrected chi connectivity index (χ4v) is 1.47. The predicted octanol–water partition coefficient (Wildman–Crippen LogP) is 2.55. The summed E-state index contributed by atoms with van der Waals surface area (Å²) in [6, 6.07) is 0.749. The van der Waals surface area contributed by atoms with Gasteiger partial charge in [-0.3, -0.25) is 0 Å². The summed E-state index contributed by atoms with van der Waals surface area (Å²) >= 11 is 5.81. The minimum atomic E-state index is -0.805. The van der Waals surface area contributed by atoms with E-state index < -0.39 is 11.6 Å². The lowest BCUT2D eigenvalue weighted by atomic mass is 10.4. The van der Waals surface area contributed by atoms with Crippen molar-refractivity contribution in [3.63, 3.8) is 0 Å². The Hall–Kier alpha value is -1.69. The van der Waals surface area contributed by atoms with Gasteiger partial charge in [0.15, 0.2) is 23.3 Å². The molecule has 0 saturated carbocycles. The summed E-state index contributed by atoms with van der Waals surface area (Å²) in [4.78, 5) is 3.80. The zero-order valence-corrected chi connectivity index (χ0v) is 9.89. The molecule has 2 aromatic heterocycles. The van der Waals surface area contributed by atoms with Crippen LogP contribution < -0.4 is 5.32 Å². The van der Waals surface area contributed by atoms with Crippen LogP contribution in [-0.2, 0) is 0 Å². The SMILES string of the molecule is CNc1nc(-n2cc(Cl)c(C)n2)c(F)cc1F. The first kappa shape index (κ1) is 11.8. The Labute approximate surface area is 101 Å².